The van der Waals surface area contributed by atoms with Gasteiger partial charge in [0.05, 0.1) is 18.7 Å². The lowest BCUT2D eigenvalue weighted by Gasteiger charge is -2.35. The molecule has 0 aliphatic carbocycles. The first kappa shape index (κ1) is 17.6. The molecule has 6 nitrogen and oxygen atoms in total. The minimum atomic E-state index is -0.223. The van der Waals surface area contributed by atoms with Crippen LogP contribution in [0.5, 0.6) is 5.75 Å². The van der Waals surface area contributed by atoms with Crippen LogP contribution in [0.15, 0.2) is 48.5 Å². The van der Waals surface area contributed by atoms with E-state index >= 15 is 0 Å². The van der Waals surface area contributed by atoms with Gasteiger partial charge in [0.2, 0.25) is 0 Å². The largest absolute Gasteiger partial charge is 0.491 e. The molecule has 0 N–H and O–H groups in total. The van der Waals surface area contributed by atoms with E-state index in [9.17, 15) is 4.39 Å². The highest BCUT2D eigenvalue weighted by Gasteiger charge is 2.31. The number of nitrogens with zero attached hydrogens (tertiary/aromatic N) is 5. The molecule has 1 aliphatic heterocycles. The summed E-state index contributed by atoms with van der Waals surface area (Å²) in [5.41, 5.74) is 2.16. The van der Waals surface area contributed by atoms with E-state index in [2.05, 4.69) is 32.6 Å². The Labute approximate surface area is 157 Å². The number of halogens is 1. The average Bonchev–Trinajstić information content (AvgIpc) is 3.12. The highest BCUT2D eigenvalue weighted by atomic mass is 19.1. The van der Waals surface area contributed by atoms with Crippen molar-refractivity contribution in [1.82, 2.24) is 25.1 Å². The third-order valence-corrected chi connectivity index (χ3v) is 4.63. The van der Waals surface area contributed by atoms with E-state index in [1.54, 1.807) is 0 Å². The Morgan fingerprint density at radius 3 is 2.52 bits per heavy atom. The molecule has 2 heterocycles. The van der Waals surface area contributed by atoms with Gasteiger partial charge in [-0.1, -0.05) is 24.3 Å². The molecule has 27 heavy (non-hydrogen) atoms. The minimum Gasteiger partial charge on any atom is -0.491 e. The van der Waals surface area contributed by atoms with Gasteiger partial charge in [0, 0.05) is 13.1 Å². The predicted octanol–water partition coefficient (Wildman–Crippen LogP) is 3.20. The predicted molar refractivity (Wildman–Crippen MR) is 98.7 cm³/mol. The second-order valence-electron chi connectivity index (χ2n) is 7.00. The summed E-state index contributed by atoms with van der Waals surface area (Å²) in [4.78, 5) is 2.32. The normalized spacial score (nSPS) is 17.1. The Bertz CT molecular complexity index is 891. The van der Waals surface area contributed by atoms with Crippen molar-refractivity contribution in [2.24, 2.45) is 0 Å². The van der Waals surface area contributed by atoms with Gasteiger partial charge < -0.3 is 4.74 Å². The van der Waals surface area contributed by atoms with E-state index in [1.165, 1.54) is 12.1 Å². The molecule has 3 aromatic rings. The smallest absolute Gasteiger partial charge is 0.173 e. The molecule has 0 amide bonds. The molecule has 2 aromatic carbocycles. The topological polar surface area (TPSA) is 56.1 Å². The number of benzene rings is 2. The van der Waals surface area contributed by atoms with Crippen LogP contribution in [0.3, 0.4) is 0 Å². The van der Waals surface area contributed by atoms with E-state index in [0.29, 0.717) is 6.54 Å². The Hall–Kier alpha value is -2.80. The second kappa shape index (κ2) is 7.44. The summed E-state index contributed by atoms with van der Waals surface area (Å²) >= 11 is 0. The third-order valence-electron chi connectivity index (χ3n) is 4.63. The van der Waals surface area contributed by atoms with Gasteiger partial charge in [-0.3, -0.25) is 4.90 Å². The highest BCUT2D eigenvalue weighted by molar-refractivity contribution is 5.33. The highest BCUT2D eigenvalue weighted by Crippen LogP contribution is 2.32. The van der Waals surface area contributed by atoms with Crippen LogP contribution >= 0.6 is 0 Å². The molecule has 1 aliphatic rings. The quantitative estimate of drug-likeness (QED) is 0.693. The fraction of sp³-hybridized carbons (Fsp3) is 0.350. The molecule has 0 saturated carbocycles. The summed E-state index contributed by atoms with van der Waals surface area (Å²) in [6, 6.07) is 14.7. The fourth-order valence-corrected chi connectivity index (χ4v) is 3.44. The Kier molecular flexibility index (Phi) is 4.85. The van der Waals surface area contributed by atoms with Crippen LogP contribution in [-0.4, -0.2) is 37.8 Å². The molecule has 7 heteroatoms. The van der Waals surface area contributed by atoms with Crippen molar-refractivity contribution in [1.29, 1.82) is 0 Å². The molecule has 0 radical (unpaired) electrons. The van der Waals surface area contributed by atoms with E-state index in [-0.39, 0.29) is 18.0 Å². The first-order chi connectivity index (χ1) is 13.1. The zero-order valence-electron chi connectivity index (χ0n) is 15.4. The van der Waals surface area contributed by atoms with E-state index < -0.39 is 0 Å². The monoisotopic (exact) mass is 367 g/mol. The molecule has 0 spiro atoms. The molecule has 0 saturated heterocycles. The SMILES string of the molecule is CC(C)Oc1ccc(C2c3nnnn3CCN2Cc2ccc(F)cc2)cc1. The van der Waals surface area contributed by atoms with Crippen molar-refractivity contribution in [3.63, 3.8) is 0 Å². The van der Waals surface area contributed by atoms with Gasteiger partial charge in [-0.15, -0.1) is 5.10 Å². The van der Waals surface area contributed by atoms with Gasteiger partial charge in [-0.05, 0) is 59.7 Å². The Morgan fingerprint density at radius 1 is 1.07 bits per heavy atom. The first-order valence-corrected chi connectivity index (χ1v) is 9.11. The number of tetrazole rings is 1. The lowest BCUT2D eigenvalue weighted by Crippen LogP contribution is -2.38. The Balaban J connectivity index is 1.64. The lowest BCUT2D eigenvalue weighted by atomic mass is 10.0. The van der Waals surface area contributed by atoms with Gasteiger partial charge in [-0.2, -0.15) is 0 Å². The summed E-state index contributed by atoms with van der Waals surface area (Å²) in [5.74, 6) is 1.44. The van der Waals surface area contributed by atoms with Gasteiger partial charge in [0.15, 0.2) is 5.82 Å². The van der Waals surface area contributed by atoms with Crippen LogP contribution in [0, 0.1) is 5.82 Å². The maximum absolute atomic E-state index is 13.2. The van der Waals surface area contributed by atoms with Crippen molar-refractivity contribution >= 4 is 0 Å². The molecule has 1 aromatic heterocycles. The maximum Gasteiger partial charge on any atom is 0.173 e. The first-order valence-electron chi connectivity index (χ1n) is 9.11. The maximum atomic E-state index is 13.2. The fourth-order valence-electron chi connectivity index (χ4n) is 3.44. The van der Waals surface area contributed by atoms with Gasteiger partial charge in [-0.25, -0.2) is 9.07 Å². The van der Waals surface area contributed by atoms with E-state index in [4.69, 9.17) is 4.74 Å². The summed E-state index contributed by atoms with van der Waals surface area (Å²) in [7, 11) is 0. The summed E-state index contributed by atoms with van der Waals surface area (Å²) < 4.78 is 20.8. The number of fused-ring (bicyclic) bond motifs is 1. The van der Waals surface area contributed by atoms with E-state index in [1.807, 2.05) is 42.8 Å². The summed E-state index contributed by atoms with van der Waals surface area (Å²) in [6.07, 6.45) is 0.132. The number of aromatic nitrogens is 4. The van der Waals surface area contributed by atoms with Crippen molar-refractivity contribution in [2.75, 3.05) is 6.54 Å². The van der Waals surface area contributed by atoms with Gasteiger partial charge in [0.1, 0.15) is 11.6 Å². The van der Waals surface area contributed by atoms with Crippen LogP contribution in [0.4, 0.5) is 4.39 Å². The number of hydrogen-bond donors (Lipinski definition) is 0. The van der Waals surface area contributed by atoms with Crippen molar-refractivity contribution < 1.29 is 9.13 Å². The van der Waals surface area contributed by atoms with Crippen LogP contribution in [-0.2, 0) is 13.1 Å². The van der Waals surface area contributed by atoms with Crippen molar-refractivity contribution in [3.05, 3.63) is 71.3 Å². The van der Waals surface area contributed by atoms with E-state index in [0.717, 1.165) is 35.8 Å². The number of ether oxygens (including phenoxy) is 1. The lowest BCUT2D eigenvalue weighted by molar-refractivity contribution is 0.164. The molecule has 140 valence electrons. The van der Waals surface area contributed by atoms with Crippen LogP contribution in [0.1, 0.15) is 36.8 Å². The zero-order chi connectivity index (χ0) is 18.8. The average molecular weight is 367 g/mol. The number of rotatable bonds is 5. The second-order valence-corrected chi connectivity index (χ2v) is 7.00. The minimum absolute atomic E-state index is 0.0631. The van der Waals surface area contributed by atoms with Crippen molar-refractivity contribution in [2.45, 2.75) is 39.1 Å². The molecule has 0 bridgehead atoms. The molecule has 4 rings (SSSR count). The molecular formula is C20H22FN5O. The molecular weight excluding hydrogens is 345 g/mol. The summed E-state index contributed by atoms with van der Waals surface area (Å²) in [6.45, 7) is 6.25. The molecule has 1 unspecified atom stereocenters. The molecule has 0 fully saturated rings. The Morgan fingerprint density at radius 2 is 1.81 bits per heavy atom. The van der Waals surface area contributed by atoms with Gasteiger partial charge >= 0.3 is 0 Å². The van der Waals surface area contributed by atoms with Gasteiger partial charge in [0.25, 0.3) is 0 Å². The summed E-state index contributed by atoms with van der Waals surface area (Å²) in [5, 5.41) is 12.2. The number of hydrogen-bond acceptors (Lipinski definition) is 5. The van der Waals surface area contributed by atoms with Crippen molar-refractivity contribution in [3.8, 4) is 5.75 Å². The van der Waals surface area contributed by atoms with Crippen LogP contribution in [0.2, 0.25) is 0 Å². The third kappa shape index (κ3) is 3.83. The standard InChI is InChI=1S/C20H22FN5O/c1-14(2)27-18-9-5-16(6-10-18)19-20-22-23-24-26(20)12-11-25(19)13-15-3-7-17(21)8-4-15/h3-10,14,19H,11-13H2,1-2H3. The van der Waals surface area contributed by atoms with Crippen LogP contribution < -0.4 is 4.74 Å². The molecule has 1 atom stereocenters. The van der Waals surface area contributed by atoms with Crippen LogP contribution in [0.25, 0.3) is 0 Å². The zero-order valence-corrected chi connectivity index (χ0v) is 15.4.